The number of aliphatic hydroxyl groups is 1. The molecule has 0 saturated heterocycles. The molecule has 0 atom stereocenters. The highest BCUT2D eigenvalue weighted by Crippen LogP contribution is 2.25. The Labute approximate surface area is 99.8 Å². The van der Waals surface area contributed by atoms with Crippen molar-refractivity contribution in [1.29, 1.82) is 0 Å². The van der Waals surface area contributed by atoms with Crippen molar-refractivity contribution in [2.75, 3.05) is 0 Å². The van der Waals surface area contributed by atoms with Gasteiger partial charge in [0, 0.05) is 5.57 Å². The minimum Gasteiger partial charge on any atom is -0.508 e. The van der Waals surface area contributed by atoms with Crippen LogP contribution in [0.25, 0.3) is 5.57 Å². The largest absolute Gasteiger partial charge is 0.508 e. The Balaban J connectivity index is 3.10. The number of hydrogen-bond acceptors (Lipinski definition) is 3. The van der Waals surface area contributed by atoms with E-state index < -0.39 is 11.7 Å². The second-order valence-corrected chi connectivity index (χ2v) is 3.78. The first-order valence-corrected chi connectivity index (χ1v) is 5.51. The highest BCUT2D eigenvalue weighted by molar-refractivity contribution is 5.93. The van der Waals surface area contributed by atoms with Crippen molar-refractivity contribution >= 4 is 11.5 Å². The number of rotatable bonds is 5. The van der Waals surface area contributed by atoms with Crippen LogP contribution in [-0.2, 0) is 4.79 Å². The van der Waals surface area contributed by atoms with Crippen molar-refractivity contribution in [2.45, 2.75) is 26.2 Å². The zero-order chi connectivity index (χ0) is 12.8. The van der Waals surface area contributed by atoms with Crippen molar-refractivity contribution in [3.05, 3.63) is 35.6 Å². The van der Waals surface area contributed by atoms with Crippen LogP contribution < -0.4 is 0 Å². The van der Waals surface area contributed by atoms with Gasteiger partial charge in [0.05, 0.1) is 0 Å². The summed E-state index contributed by atoms with van der Waals surface area (Å²) in [5.41, 5.74) is 1.02. The van der Waals surface area contributed by atoms with Crippen LogP contribution in [0.15, 0.2) is 30.0 Å². The molecule has 1 aromatic carbocycles. The summed E-state index contributed by atoms with van der Waals surface area (Å²) in [5, 5.41) is 27.5. The molecule has 0 saturated carbocycles. The fourth-order valence-electron chi connectivity index (χ4n) is 1.54. The zero-order valence-corrected chi connectivity index (χ0v) is 9.68. The van der Waals surface area contributed by atoms with Crippen molar-refractivity contribution in [3.63, 3.8) is 0 Å². The number of unbranched alkanes of at least 4 members (excludes halogenated alkanes) is 1. The molecule has 0 aliphatic rings. The number of benzene rings is 1. The molecule has 0 aromatic heterocycles. The molecule has 0 amide bonds. The van der Waals surface area contributed by atoms with Crippen LogP contribution in [0.4, 0.5) is 0 Å². The van der Waals surface area contributed by atoms with Crippen LogP contribution in [0.1, 0.15) is 31.7 Å². The van der Waals surface area contributed by atoms with Gasteiger partial charge in [-0.1, -0.05) is 25.5 Å². The molecule has 92 valence electrons. The van der Waals surface area contributed by atoms with Gasteiger partial charge in [-0.05, 0) is 30.5 Å². The van der Waals surface area contributed by atoms with Gasteiger partial charge in [-0.3, -0.25) is 0 Å². The minimum atomic E-state index is -1.33. The molecule has 1 rings (SSSR count). The minimum absolute atomic E-state index is 0.110. The topological polar surface area (TPSA) is 77.8 Å². The van der Waals surface area contributed by atoms with E-state index in [2.05, 4.69) is 0 Å². The van der Waals surface area contributed by atoms with Gasteiger partial charge in [-0.15, -0.1) is 0 Å². The van der Waals surface area contributed by atoms with Gasteiger partial charge < -0.3 is 15.3 Å². The first-order chi connectivity index (χ1) is 8.06. The van der Waals surface area contributed by atoms with Crippen LogP contribution in [0.5, 0.6) is 5.75 Å². The van der Waals surface area contributed by atoms with Crippen LogP contribution in [0.2, 0.25) is 0 Å². The van der Waals surface area contributed by atoms with Gasteiger partial charge in [0.1, 0.15) is 5.75 Å². The Morgan fingerprint density at radius 2 is 1.76 bits per heavy atom. The van der Waals surface area contributed by atoms with Crippen molar-refractivity contribution < 1.29 is 20.1 Å². The Hall–Kier alpha value is -1.97. The van der Waals surface area contributed by atoms with Gasteiger partial charge in [-0.25, -0.2) is 4.79 Å². The highest BCUT2D eigenvalue weighted by Gasteiger charge is 2.14. The Bertz CT molecular complexity index is 418. The number of allylic oxidation sites excluding steroid dienone is 1. The van der Waals surface area contributed by atoms with Gasteiger partial charge in [0.15, 0.2) is 0 Å². The maximum Gasteiger partial charge on any atom is 0.371 e. The summed E-state index contributed by atoms with van der Waals surface area (Å²) >= 11 is 0. The molecule has 4 heteroatoms. The summed E-state index contributed by atoms with van der Waals surface area (Å²) in [6.45, 7) is 1.99. The normalized spacial score (nSPS) is 12.1. The number of carbonyl (C=O) groups is 1. The summed E-state index contributed by atoms with van der Waals surface area (Å²) in [5.74, 6) is -1.84. The van der Waals surface area contributed by atoms with Crippen molar-refractivity contribution in [1.82, 2.24) is 0 Å². The molecule has 1 aromatic rings. The van der Waals surface area contributed by atoms with Gasteiger partial charge in [-0.2, -0.15) is 0 Å². The molecule has 3 N–H and O–H groups in total. The number of aliphatic hydroxyl groups excluding tert-OH is 1. The lowest BCUT2D eigenvalue weighted by Crippen LogP contribution is -2.03. The summed E-state index contributed by atoms with van der Waals surface area (Å²) < 4.78 is 0. The van der Waals surface area contributed by atoms with Crippen molar-refractivity contribution in [3.8, 4) is 5.75 Å². The van der Waals surface area contributed by atoms with E-state index in [1.807, 2.05) is 6.92 Å². The SMILES string of the molecule is CCCCC(=C(O)C(=O)O)c1ccc(O)cc1. The molecule has 0 bridgehead atoms. The quantitative estimate of drug-likeness (QED) is 0.542. The van der Waals surface area contributed by atoms with Gasteiger partial charge in [0.2, 0.25) is 5.76 Å². The zero-order valence-electron chi connectivity index (χ0n) is 9.68. The molecule has 0 fully saturated rings. The van der Waals surface area contributed by atoms with E-state index in [0.717, 1.165) is 12.8 Å². The molecule has 0 aliphatic carbocycles. The smallest absolute Gasteiger partial charge is 0.371 e. The molecule has 0 aliphatic heterocycles. The molecule has 4 nitrogen and oxygen atoms in total. The standard InChI is InChI=1S/C13H16O4/c1-2-3-4-11(12(15)13(16)17)9-5-7-10(14)8-6-9/h5-8,14-15H,2-4H2,1H3,(H,16,17). The van der Waals surface area contributed by atoms with Crippen LogP contribution in [0.3, 0.4) is 0 Å². The van der Waals surface area contributed by atoms with Crippen LogP contribution in [0, 0.1) is 0 Å². The second kappa shape index (κ2) is 5.94. The molecular weight excluding hydrogens is 220 g/mol. The molecular formula is C13H16O4. The first kappa shape index (κ1) is 13.1. The number of aromatic hydroxyl groups is 1. The number of carboxylic acid groups (broad SMARTS) is 1. The lowest BCUT2D eigenvalue weighted by atomic mass is 9.99. The van der Waals surface area contributed by atoms with E-state index in [1.165, 1.54) is 12.1 Å². The Morgan fingerprint density at radius 3 is 2.24 bits per heavy atom. The summed E-state index contributed by atoms with van der Waals surface area (Å²) in [6, 6.07) is 6.13. The maximum atomic E-state index is 10.8. The number of hydrogen-bond donors (Lipinski definition) is 3. The highest BCUT2D eigenvalue weighted by atomic mass is 16.4. The third-order valence-electron chi connectivity index (χ3n) is 2.48. The molecule has 0 spiro atoms. The van der Waals surface area contributed by atoms with E-state index in [9.17, 15) is 9.90 Å². The maximum absolute atomic E-state index is 10.8. The number of phenols is 1. The lowest BCUT2D eigenvalue weighted by molar-refractivity contribution is -0.135. The number of phenolic OH excluding ortho intramolecular Hbond substituents is 1. The fraction of sp³-hybridized carbons (Fsp3) is 0.308. The average Bonchev–Trinajstić information content (AvgIpc) is 2.31. The molecule has 0 heterocycles. The first-order valence-electron chi connectivity index (χ1n) is 5.51. The number of carboxylic acids is 1. The third-order valence-corrected chi connectivity index (χ3v) is 2.48. The predicted octanol–water partition coefficient (Wildman–Crippen LogP) is 2.94. The van der Waals surface area contributed by atoms with Crippen molar-refractivity contribution in [2.24, 2.45) is 0 Å². The Kier molecular flexibility index (Phi) is 4.57. The van der Waals surface area contributed by atoms with E-state index in [4.69, 9.17) is 10.2 Å². The molecule has 0 unspecified atom stereocenters. The number of aliphatic carboxylic acids is 1. The fourth-order valence-corrected chi connectivity index (χ4v) is 1.54. The second-order valence-electron chi connectivity index (χ2n) is 3.78. The van der Waals surface area contributed by atoms with E-state index in [0.29, 0.717) is 17.6 Å². The van der Waals surface area contributed by atoms with Gasteiger partial charge in [0.25, 0.3) is 0 Å². The van der Waals surface area contributed by atoms with E-state index in [1.54, 1.807) is 12.1 Å². The summed E-state index contributed by atoms with van der Waals surface area (Å²) in [7, 11) is 0. The van der Waals surface area contributed by atoms with E-state index in [-0.39, 0.29) is 5.75 Å². The van der Waals surface area contributed by atoms with E-state index >= 15 is 0 Å². The van der Waals surface area contributed by atoms with Crippen LogP contribution in [-0.4, -0.2) is 21.3 Å². The molecule has 17 heavy (non-hydrogen) atoms. The van der Waals surface area contributed by atoms with Crippen LogP contribution >= 0.6 is 0 Å². The summed E-state index contributed by atoms with van der Waals surface area (Å²) in [4.78, 5) is 10.8. The van der Waals surface area contributed by atoms with Gasteiger partial charge >= 0.3 is 5.97 Å². The molecule has 0 radical (unpaired) electrons. The Morgan fingerprint density at radius 1 is 1.18 bits per heavy atom. The third kappa shape index (κ3) is 3.52. The monoisotopic (exact) mass is 236 g/mol. The summed E-state index contributed by atoms with van der Waals surface area (Å²) in [6.07, 6.45) is 2.21. The average molecular weight is 236 g/mol. The lowest BCUT2D eigenvalue weighted by Gasteiger charge is -2.08. The predicted molar refractivity (Wildman–Crippen MR) is 64.8 cm³/mol.